The molecule has 1 heterocycles. The molecule has 0 fully saturated rings. The number of aromatic nitrogens is 2. The highest BCUT2D eigenvalue weighted by atomic mass is 31.1. The molecule has 1 aromatic heterocycles. The minimum atomic E-state index is -0.0454. The molecule has 0 amide bonds. The summed E-state index contributed by atoms with van der Waals surface area (Å²) in [5.41, 5.74) is 5.30. The van der Waals surface area contributed by atoms with Crippen LogP contribution >= 0.6 is 18.5 Å². The quantitative estimate of drug-likeness (QED) is 0.528. The molecular formula is C19H19N3OP2. The molecule has 2 aromatic carbocycles. The number of carbonyl (C=O) groups excluding carboxylic acids is 1. The molecule has 6 heteroatoms. The molecule has 0 aliphatic carbocycles. The van der Waals surface area contributed by atoms with Crippen LogP contribution in [0.4, 0.5) is 11.4 Å². The van der Waals surface area contributed by atoms with Gasteiger partial charge in [-0.25, -0.2) is 9.97 Å². The third-order valence-electron chi connectivity index (χ3n) is 3.82. The van der Waals surface area contributed by atoms with Gasteiger partial charge < -0.3 is 5.32 Å². The third-order valence-corrected chi connectivity index (χ3v) is 4.49. The van der Waals surface area contributed by atoms with Crippen molar-refractivity contribution in [1.82, 2.24) is 9.97 Å². The van der Waals surface area contributed by atoms with E-state index < -0.39 is 0 Å². The van der Waals surface area contributed by atoms with Crippen molar-refractivity contribution in [3.8, 4) is 11.3 Å². The van der Waals surface area contributed by atoms with Crippen LogP contribution in [0.5, 0.6) is 0 Å². The number of benzene rings is 2. The Morgan fingerprint density at radius 1 is 1.08 bits per heavy atom. The second-order valence-corrected chi connectivity index (χ2v) is 9.07. The smallest absolute Gasteiger partial charge is 0.150 e. The molecule has 0 radical (unpaired) electrons. The zero-order chi connectivity index (χ0) is 17.9. The largest absolute Gasteiger partial charge is 0.355 e. The highest BCUT2D eigenvalue weighted by Crippen LogP contribution is 2.38. The Kier molecular flexibility index (Phi) is 5.22. The predicted octanol–water partition coefficient (Wildman–Crippen LogP) is 4.62. The maximum atomic E-state index is 11.1. The number of rotatable bonds is 5. The van der Waals surface area contributed by atoms with Gasteiger partial charge in [-0.05, 0) is 48.9 Å². The van der Waals surface area contributed by atoms with Gasteiger partial charge in [0.15, 0.2) is 0 Å². The topological polar surface area (TPSA) is 54.9 Å². The van der Waals surface area contributed by atoms with E-state index in [9.17, 15) is 4.79 Å². The van der Waals surface area contributed by atoms with Crippen molar-refractivity contribution in [2.24, 2.45) is 0 Å². The lowest BCUT2D eigenvalue weighted by Crippen LogP contribution is -2.02. The van der Waals surface area contributed by atoms with Crippen molar-refractivity contribution in [1.29, 1.82) is 0 Å². The zero-order valence-corrected chi connectivity index (χ0v) is 16.1. The zero-order valence-electron chi connectivity index (χ0n) is 13.8. The van der Waals surface area contributed by atoms with E-state index in [2.05, 4.69) is 52.8 Å². The summed E-state index contributed by atoms with van der Waals surface area (Å²) in [7, 11) is 5.63. The summed E-state index contributed by atoms with van der Waals surface area (Å²) in [6.45, 7) is 2.12. The molecule has 0 aliphatic rings. The Bertz CT molecular complexity index is 875. The van der Waals surface area contributed by atoms with Gasteiger partial charge in [-0.2, -0.15) is 0 Å². The first-order valence-electron chi connectivity index (χ1n) is 7.78. The molecule has 0 aliphatic heterocycles. The first-order chi connectivity index (χ1) is 12.0. The summed E-state index contributed by atoms with van der Waals surface area (Å²) in [4.78, 5) is 19.3. The number of hydrogen-bond acceptors (Lipinski definition) is 4. The van der Waals surface area contributed by atoms with Crippen LogP contribution in [0, 0.1) is 0 Å². The summed E-state index contributed by atoms with van der Waals surface area (Å²) in [6.07, 6.45) is 4.02. The lowest BCUT2D eigenvalue weighted by atomic mass is 10.1. The molecule has 4 nitrogen and oxygen atoms in total. The number of aldehydes is 1. The SMILES string of the molecule is CC(P)(P)c1ccc(Nc2ccc(C=O)cc2-c2ccncn2)cc1. The summed E-state index contributed by atoms with van der Waals surface area (Å²) in [5.74, 6) is 0. The number of nitrogens with zero attached hydrogens (tertiary/aromatic N) is 2. The van der Waals surface area contributed by atoms with Crippen LogP contribution in [-0.4, -0.2) is 16.3 Å². The second-order valence-electron chi connectivity index (χ2n) is 6.00. The molecule has 0 saturated heterocycles. The van der Waals surface area contributed by atoms with E-state index in [1.54, 1.807) is 12.3 Å². The Morgan fingerprint density at radius 2 is 1.84 bits per heavy atom. The minimum Gasteiger partial charge on any atom is -0.355 e. The fourth-order valence-electron chi connectivity index (χ4n) is 2.47. The molecule has 1 N–H and O–H groups in total. The van der Waals surface area contributed by atoms with Crippen molar-refractivity contribution in [3.63, 3.8) is 0 Å². The van der Waals surface area contributed by atoms with Crippen LogP contribution < -0.4 is 5.32 Å². The highest BCUT2D eigenvalue weighted by Gasteiger charge is 2.14. The van der Waals surface area contributed by atoms with E-state index in [0.717, 1.165) is 28.9 Å². The van der Waals surface area contributed by atoms with Crippen LogP contribution in [0.2, 0.25) is 0 Å². The number of hydrogen-bond donors (Lipinski definition) is 1. The van der Waals surface area contributed by atoms with E-state index in [-0.39, 0.29) is 4.90 Å². The monoisotopic (exact) mass is 367 g/mol. The van der Waals surface area contributed by atoms with Crippen molar-refractivity contribution in [2.45, 2.75) is 11.8 Å². The van der Waals surface area contributed by atoms with Gasteiger partial charge in [-0.1, -0.05) is 12.1 Å². The Morgan fingerprint density at radius 3 is 2.44 bits per heavy atom. The first-order valence-corrected chi connectivity index (χ1v) is 8.94. The fourth-order valence-corrected chi connectivity index (χ4v) is 2.86. The van der Waals surface area contributed by atoms with E-state index in [1.165, 1.54) is 11.9 Å². The van der Waals surface area contributed by atoms with Gasteiger partial charge in [0.05, 0.1) is 5.69 Å². The van der Waals surface area contributed by atoms with E-state index in [1.807, 2.05) is 30.3 Å². The Labute approximate surface area is 151 Å². The number of carbonyl (C=O) groups is 1. The van der Waals surface area contributed by atoms with Crippen LogP contribution in [-0.2, 0) is 4.90 Å². The molecule has 0 saturated carbocycles. The molecular weight excluding hydrogens is 348 g/mol. The van der Waals surface area contributed by atoms with Crippen LogP contribution in [0.25, 0.3) is 11.3 Å². The van der Waals surface area contributed by atoms with Gasteiger partial charge >= 0.3 is 0 Å². The molecule has 126 valence electrons. The predicted molar refractivity (Wildman–Crippen MR) is 109 cm³/mol. The lowest BCUT2D eigenvalue weighted by Gasteiger charge is -2.19. The fraction of sp³-hybridized carbons (Fsp3) is 0.105. The van der Waals surface area contributed by atoms with E-state index >= 15 is 0 Å². The van der Waals surface area contributed by atoms with Gasteiger partial charge in [0, 0.05) is 33.6 Å². The first kappa shape index (κ1) is 17.7. The van der Waals surface area contributed by atoms with Gasteiger partial charge in [0.2, 0.25) is 0 Å². The van der Waals surface area contributed by atoms with Gasteiger partial charge in [0.1, 0.15) is 12.6 Å². The average Bonchev–Trinajstić information content (AvgIpc) is 2.62. The highest BCUT2D eigenvalue weighted by molar-refractivity contribution is 7.38. The Balaban J connectivity index is 1.96. The molecule has 3 rings (SSSR count). The summed E-state index contributed by atoms with van der Waals surface area (Å²) >= 11 is 0. The standard InChI is InChI=1S/C19H19N3OP2/c1-19(24,25)14-3-5-15(6-4-14)22-18-7-2-13(11-23)10-16(18)17-8-9-20-12-21-17/h2-12,22H,24-25H2,1H3. The molecule has 25 heavy (non-hydrogen) atoms. The average molecular weight is 367 g/mol. The van der Waals surface area contributed by atoms with Crippen molar-refractivity contribution >= 4 is 36.1 Å². The summed E-state index contributed by atoms with van der Waals surface area (Å²) in [6, 6.07) is 15.6. The van der Waals surface area contributed by atoms with E-state index in [4.69, 9.17) is 0 Å². The third kappa shape index (κ3) is 4.28. The molecule has 2 atom stereocenters. The lowest BCUT2D eigenvalue weighted by molar-refractivity contribution is 0.112. The van der Waals surface area contributed by atoms with Crippen molar-refractivity contribution in [3.05, 3.63) is 72.2 Å². The second kappa shape index (κ2) is 7.39. The maximum Gasteiger partial charge on any atom is 0.150 e. The number of anilines is 2. The van der Waals surface area contributed by atoms with Crippen molar-refractivity contribution < 1.29 is 4.79 Å². The van der Waals surface area contributed by atoms with Crippen LogP contribution in [0.15, 0.2) is 61.1 Å². The van der Waals surface area contributed by atoms with E-state index in [0.29, 0.717) is 5.56 Å². The molecule has 0 bridgehead atoms. The minimum absolute atomic E-state index is 0.0454. The van der Waals surface area contributed by atoms with Crippen molar-refractivity contribution in [2.75, 3.05) is 5.32 Å². The van der Waals surface area contributed by atoms with Crippen LogP contribution in [0.1, 0.15) is 22.8 Å². The number of nitrogens with one attached hydrogen (secondary N) is 1. The molecule has 3 aromatic rings. The van der Waals surface area contributed by atoms with Crippen LogP contribution in [0.3, 0.4) is 0 Å². The normalized spacial score (nSPS) is 11.2. The molecule has 0 spiro atoms. The summed E-state index contributed by atoms with van der Waals surface area (Å²) in [5, 5.41) is 3.41. The summed E-state index contributed by atoms with van der Waals surface area (Å²) < 4.78 is 0. The maximum absolute atomic E-state index is 11.1. The molecule has 2 unspecified atom stereocenters. The van der Waals surface area contributed by atoms with Gasteiger partial charge in [0.25, 0.3) is 0 Å². The Hall–Kier alpha value is -2.15. The van der Waals surface area contributed by atoms with Gasteiger partial charge in [-0.15, -0.1) is 18.5 Å². The van der Waals surface area contributed by atoms with Gasteiger partial charge in [-0.3, -0.25) is 4.79 Å².